The van der Waals surface area contributed by atoms with Crippen molar-refractivity contribution in [2.45, 2.75) is 44.5 Å². The molecular weight excluding hydrogens is 519 g/mol. The van der Waals surface area contributed by atoms with Crippen LogP contribution in [0.25, 0.3) is 22.9 Å². The molecule has 3 aromatic heterocycles. The van der Waals surface area contributed by atoms with Crippen LogP contribution in [0.2, 0.25) is 0 Å². The van der Waals surface area contributed by atoms with Crippen LogP contribution in [-0.4, -0.2) is 55.0 Å². The Morgan fingerprint density at radius 2 is 1.74 bits per heavy atom. The summed E-state index contributed by atoms with van der Waals surface area (Å²) in [4.78, 5) is 10.1. The van der Waals surface area contributed by atoms with Gasteiger partial charge in [0.25, 0.3) is 0 Å². The topological polar surface area (TPSA) is 69.0 Å². The first-order valence-electron chi connectivity index (χ1n) is 12.4. The summed E-state index contributed by atoms with van der Waals surface area (Å²) < 4.78 is 76.0. The molecule has 0 amide bonds. The lowest BCUT2D eigenvalue weighted by atomic mass is 10.1. The number of pyridine rings is 1. The molecule has 1 fully saturated rings. The molecule has 1 aliphatic rings. The molecule has 1 aliphatic heterocycles. The van der Waals surface area contributed by atoms with Gasteiger partial charge in [0.05, 0.1) is 6.20 Å². The Bertz CT molecular complexity index is 1450. The van der Waals surface area contributed by atoms with Gasteiger partial charge in [0.1, 0.15) is 17.4 Å². The zero-order valence-electron chi connectivity index (χ0n) is 20.9. The lowest BCUT2D eigenvalue weighted by molar-refractivity contribution is -0.292. The molecular formula is C27H25F5N6O. The van der Waals surface area contributed by atoms with Crippen molar-refractivity contribution in [3.8, 4) is 11.4 Å². The van der Waals surface area contributed by atoms with Crippen LogP contribution in [0.4, 0.5) is 22.0 Å². The highest BCUT2D eigenvalue weighted by Gasteiger charge is 2.62. The molecule has 0 atom stereocenters. The van der Waals surface area contributed by atoms with Gasteiger partial charge in [0, 0.05) is 37.7 Å². The van der Waals surface area contributed by atoms with Crippen LogP contribution >= 0.6 is 0 Å². The first kappa shape index (κ1) is 26.7. The van der Waals surface area contributed by atoms with Gasteiger partial charge in [-0.25, -0.2) is 9.97 Å². The third-order valence-electron chi connectivity index (χ3n) is 6.50. The second-order valence-corrected chi connectivity index (χ2v) is 9.29. The van der Waals surface area contributed by atoms with Gasteiger partial charge in [-0.05, 0) is 67.3 Å². The van der Waals surface area contributed by atoms with Crippen molar-refractivity contribution in [3.63, 3.8) is 0 Å². The van der Waals surface area contributed by atoms with E-state index in [0.717, 1.165) is 42.6 Å². The molecule has 4 heterocycles. The van der Waals surface area contributed by atoms with Crippen molar-refractivity contribution >= 4 is 17.2 Å². The number of nitrogens with zero attached hydrogens (tertiary/aromatic N) is 6. The Balaban J connectivity index is 1.35. The number of imidazole rings is 1. The molecule has 39 heavy (non-hydrogen) atoms. The summed E-state index contributed by atoms with van der Waals surface area (Å²) >= 11 is 0. The number of rotatable bonds is 7. The van der Waals surface area contributed by atoms with Gasteiger partial charge in [0.2, 0.25) is 0 Å². The maximum atomic E-state index is 14.6. The summed E-state index contributed by atoms with van der Waals surface area (Å²) in [6.07, 6.45) is 3.83. The van der Waals surface area contributed by atoms with Crippen LogP contribution < -0.4 is 4.74 Å². The maximum absolute atomic E-state index is 14.6. The van der Waals surface area contributed by atoms with Crippen molar-refractivity contribution in [1.29, 1.82) is 0 Å². The Hall–Kier alpha value is -3.93. The molecule has 1 saturated heterocycles. The predicted octanol–water partition coefficient (Wildman–Crippen LogP) is 5.94. The van der Waals surface area contributed by atoms with E-state index in [0.29, 0.717) is 11.3 Å². The van der Waals surface area contributed by atoms with Gasteiger partial charge in [-0.1, -0.05) is 12.2 Å². The quantitative estimate of drug-likeness (QED) is 0.268. The number of ether oxygens (including phenoxy) is 1. The predicted molar refractivity (Wildman–Crippen MR) is 134 cm³/mol. The van der Waals surface area contributed by atoms with Crippen molar-refractivity contribution in [3.05, 3.63) is 78.0 Å². The van der Waals surface area contributed by atoms with E-state index in [1.54, 1.807) is 43.6 Å². The second kappa shape index (κ2) is 10.7. The highest BCUT2D eigenvalue weighted by molar-refractivity contribution is 5.77. The molecule has 4 aromatic rings. The molecule has 7 nitrogen and oxygen atoms in total. The molecule has 204 valence electrons. The van der Waals surface area contributed by atoms with Gasteiger partial charge in [0.15, 0.2) is 11.5 Å². The minimum atomic E-state index is -5.83. The lowest BCUT2D eigenvalue weighted by Gasteiger charge is -2.32. The number of benzene rings is 1. The molecule has 0 bridgehead atoms. The zero-order valence-corrected chi connectivity index (χ0v) is 20.9. The highest BCUT2D eigenvalue weighted by atomic mass is 19.4. The monoisotopic (exact) mass is 544 g/mol. The Morgan fingerprint density at radius 3 is 2.38 bits per heavy atom. The summed E-state index contributed by atoms with van der Waals surface area (Å²) in [5.74, 6) is -6.14. The van der Waals surface area contributed by atoms with E-state index in [-0.39, 0.29) is 23.0 Å². The summed E-state index contributed by atoms with van der Waals surface area (Å²) in [5, 5.41) is 7.68. The Kier molecular flexibility index (Phi) is 7.30. The average molecular weight is 545 g/mol. The van der Waals surface area contributed by atoms with E-state index >= 15 is 0 Å². The molecule has 5 rings (SSSR count). The lowest BCUT2D eigenvalue weighted by Crippen LogP contribution is -2.37. The molecule has 0 radical (unpaired) electrons. The molecule has 0 spiro atoms. The smallest absolute Gasteiger partial charge is 0.461 e. The molecule has 1 aromatic carbocycles. The number of fused-ring (bicyclic) bond motifs is 1. The summed E-state index contributed by atoms with van der Waals surface area (Å²) in [7, 11) is 0. The average Bonchev–Trinajstić information content (AvgIpc) is 3.30. The molecule has 0 unspecified atom stereocenters. The molecule has 0 N–H and O–H groups in total. The SMILES string of the molecule is CC=Cc1cnc2c(c1)nc(C(F)(F)C(F)(F)F)n2-c1ccc(OC2CCN(Cc3ccnnc3)CC2)cc1. The molecule has 0 saturated carbocycles. The van der Waals surface area contributed by atoms with Crippen molar-refractivity contribution in [2.24, 2.45) is 0 Å². The summed E-state index contributed by atoms with van der Waals surface area (Å²) in [5.41, 5.74) is 1.50. The number of allylic oxidation sites excluding steroid dienone is 1. The van der Waals surface area contributed by atoms with Crippen LogP contribution in [0.15, 0.2) is 61.1 Å². The standard InChI is InChI=1S/C27H25F5N6O/c1-2-3-18-14-23-24(33-15-18)38(25(36-23)26(28,29)27(30,31)32)20-4-6-21(7-5-20)39-22-9-12-37(13-10-22)17-19-8-11-34-35-16-19/h2-8,11,14-16,22H,9-10,12-13,17H2,1H3. The second-order valence-electron chi connectivity index (χ2n) is 9.29. The fourth-order valence-electron chi connectivity index (χ4n) is 4.57. The zero-order chi connectivity index (χ0) is 27.6. The van der Waals surface area contributed by atoms with E-state index in [4.69, 9.17) is 4.74 Å². The third-order valence-corrected chi connectivity index (χ3v) is 6.50. The Labute approximate surface area is 221 Å². The van der Waals surface area contributed by atoms with Crippen molar-refractivity contribution in [2.75, 3.05) is 13.1 Å². The van der Waals surface area contributed by atoms with E-state index in [2.05, 4.69) is 25.1 Å². The molecule has 0 aliphatic carbocycles. The van der Waals surface area contributed by atoms with Gasteiger partial charge in [-0.15, -0.1) is 0 Å². The van der Waals surface area contributed by atoms with E-state index in [1.165, 1.54) is 24.4 Å². The Morgan fingerprint density at radius 1 is 1.00 bits per heavy atom. The summed E-state index contributed by atoms with van der Waals surface area (Å²) in [6.45, 7) is 4.16. The van der Waals surface area contributed by atoms with Crippen LogP contribution in [-0.2, 0) is 12.5 Å². The summed E-state index contributed by atoms with van der Waals surface area (Å²) in [6, 6.07) is 9.32. The highest BCUT2D eigenvalue weighted by Crippen LogP contribution is 2.45. The number of hydrogen-bond donors (Lipinski definition) is 0. The van der Waals surface area contributed by atoms with Crippen LogP contribution in [0.5, 0.6) is 5.75 Å². The first-order valence-corrected chi connectivity index (χ1v) is 12.4. The van der Waals surface area contributed by atoms with Crippen LogP contribution in [0.1, 0.15) is 36.7 Å². The maximum Gasteiger partial charge on any atom is 0.461 e. The number of piperidine rings is 1. The van der Waals surface area contributed by atoms with E-state index < -0.39 is 17.9 Å². The number of hydrogen-bond acceptors (Lipinski definition) is 6. The largest absolute Gasteiger partial charge is 0.490 e. The minimum absolute atomic E-state index is 0.0476. The fourth-order valence-corrected chi connectivity index (χ4v) is 4.57. The van der Waals surface area contributed by atoms with Crippen LogP contribution in [0, 0.1) is 0 Å². The van der Waals surface area contributed by atoms with Crippen molar-refractivity contribution < 1.29 is 26.7 Å². The minimum Gasteiger partial charge on any atom is -0.490 e. The first-order chi connectivity index (χ1) is 18.7. The van der Waals surface area contributed by atoms with Gasteiger partial charge in [-0.3, -0.25) is 9.47 Å². The fraction of sp³-hybridized carbons (Fsp3) is 0.333. The number of aromatic nitrogens is 5. The number of halogens is 5. The van der Waals surface area contributed by atoms with Gasteiger partial charge < -0.3 is 4.74 Å². The number of likely N-dealkylation sites (tertiary alicyclic amines) is 1. The van der Waals surface area contributed by atoms with E-state index in [9.17, 15) is 22.0 Å². The van der Waals surface area contributed by atoms with E-state index in [1.807, 2.05) is 6.07 Å². The van der Waals surface area contributed by atoms with Gasteiger partial charge in [-0.2, -0.15) is 32.1 Å². The van der Waals surface area contributed by atoms with Gasteiger partial charge >= 0.3 is 12.1 Å². The third kappa shape index (κ3) is 5.60. The van der Waals surface area contributed by atoms with Crippen molar-refractivity contribution in [1.82, 2.24) is 29.6 Å². The van der Waals surface area contributed by atoms with Crippen LogP contribution in [0.3, 0.4) is 0 Å². The normalized spacial score (nSPS) is 15.8. The number of alkyl halides is 5. The molecule has 12 heteroatoms.